The first kappa shape index (κ1) is 12.5. The summed E-state index contributed by atoms with van der Waals surface area (Å²) in [5.74, 6) is 0.912. The molecule has 15 heavy (non-hydrogen) atoms. The van der Waals surface area contributed by atoms with Crippen molar-refractivity contribution in [2.24, 2.45) is 17.6 Å². The van der Waals surface area contributed by atoms with Crippen molar-refractivity contribution in [1.82, 2.24) is 4.90 Å². The van der Waals surface area contributed by atoms with Crippen LogP contribution in [0.1, 0.15) is 39.5 Å². The Balaban J connectivity index is 2.59. The van der Waals surface area contributed by atoms with Gasteiger partial charge in [-0.25, -0.2) is 0 Å². The molecule has 3 heteroatoms. The predicted molar refractivity (Wildman–Crippen MR) is 62.4 cm³/mol. The van der Waals surface area contributed by atoms with Crippen LogP contribution in [0, 0.1) is 11.8 Å². The first-order chi connectivity index (χ1) is 7.11. The van der Waals surface area contributed by atoms with Gasteiger partial charge in [0, 0.05) is 19.0 Å². The number of nitrogens with two attached hydrogens (primary N) is 1. The highest BCUT2D eigenvalue weighted by molar-refractivity contribution is 5.79. The van der Waals surface area contributed by atoms with Gasteiger partial charge in [0.25, 0.3) is 0 Å². The van der Waals surface area contributed by atoms with E-state index in [0.29, 0.717) is 24.4 Å². The summed E-state index contributed by atoms with van der Waals surface area (Å²) in [6.45, 7) is 4.87. The Labute approximate surface area is 93.0 Å². The zero-order chi connectivity index (χ0) is 11.4. The Morgan fingerprint density at radius 2 is 2.20 bits per heavy atom. The van der Waals surface area contributed by atoms with Crippen molar-refractivity contribution >= 4 is 5.91 Å². The molecule has 0 aromatic carbocycles. The second kappa shape index (κ2) is 5.50. The molecule has 0 aliphatic heterocycles. The minimum Gasteiger partial charge on any atom is -0.343 e. The molecule has 0 spiro atoms. The Morgan fingerprint density at radius 1 is 1.53 bits per heavy atom. The SMILES string of the molecule is CCC(C)N(C)C(=O)[C@@H]1CCC[C@@H]1CN. The van der Waals surface area contributed by atoms with Crippen molar-refractivity contribution in [3.63, 3.8) is 0 Å². The van der Waals surface area contributed by atoms with Crippen LogP contribution in [-0.4, -0.2) is 30.4 Å². The molecule has 0 saturated heterocycles. The number of hydrogen-bond acceptors (Lipinski definition) is 2. The van der Waals surface area contributed by atoms with Crippen molar-refractivity contribution in [2.75, 3.05) is 13.6 Å². The average molecular weight is 212 g/mol. The second-order valence-electron chi connectivity index (χ2n) is 4.74. The number of nitrogens with zero attached hydrogens (tertiary/aromatic N) is 1. The Morgan fingerprint density at radius 3 is 2.73 bits per heavy atom. The fourth-order valence-corrected chi connectivity index (χ4v) is 2.40. The maximum absolute atomic E-state index is 12.2. The molecular weight excluding hydrogens is 188 g/mol. The summed E-state index contributed by atoms with van der Waals surface area (Å²) in [5.41, 5.74) is 5.70. The van der Waals surface area contributed by atoms with Gasteiger partial charge < -0.3 is 10.6 Å². The smallest absolute Gasteiger partial charge is 0.225 e. The van der Waals surface area contributed by atoms with Crippen molar-refractivity contribution in [3.05, 3.63) is 0 Å². The topological polar surface area (TPSA) is 46.3 Å². The van der Waals surface area contributed by atoms with Crippen LogP contribution in [0.3, 0.4) is 0 Å². The molecule has 0 aromatic heterocycles. The first-order valence-electron chi connectivity index (χ1n) is 6.08. The van der Waals surface area contributed by atoms with Crippen molar-refractivity contribution in [2.45, 2.75) is 45.6 Å². The van der Waals surface area contributed by atoms with Gasteiger partial charge in [0.1, 0.15) is 0 Å². The molecule has 1 amide bonds. The zero-order valence-electron chi connectivity index (χ0n) is 10.2. The van der Waals surface area contributed by atoms with Crippen LogP contribution < -0.4 is 5.73 Å². The fourth-order valence-electron chi connectivity index (χ4n) is 2.40. The van der Waals surface area contributed by atoms with E-state index in [4.69, 9.17) is 5.73 Å². The second-order valence-corrected chi connectivity index (χ2v) is 4.74. The first-order valence-corrected chi connectivity index (χ1v) is 6.08. The lowest BCUT2D eigenvalue weighted by Crippen LogP contribution is -2.41. The number of rotatable bonds is 4. The molecule has 2 N–H and O–H groups in total. The summed E-state index contributed by atoms with van der Waals surface area (Å²) < 4.78 is 0. The molecule has 1 unspecified atom stereocenters. The Kier molecular flexibility index (Phi) is 4.58. The van der Waals surface area contributed by atoms with Crippen LogP contribution in [0.15, 0.2) is 0 Å². The molecule has 3 nitrogen and oxygen atoms in total. The van der Waals surface area contributed by atoms with Gasteiger partial charge in [-0.15, -0.1) is 0 Å². The molecule has 1 rings (SSSR count). The minimum absolute atomic E-state index is 0.189. The molecule has 1 aliphatic rings. The summed E-state index contributed by atoms with van der Waals surface area (Å²) in [6, 6.07) is 0.344. The lowest BCUT2D eigenvalue weighted by Gasteiger charge is -2.29. The van der Waals surface area contributed by atoms with Gasteiger partial charge in [0.05, 0.1) is 0 Å². The molecule has 1 saturated carbocycles. The molecule has 88 valence electrons. The van der Waals surface area contributed by atoms with Crippen LogP contribution in [0.2, 0.25) is 0 Å². The van der Waals surface area contributed by atoms with E-state index in [1.165, 1.54) is 0 Å². The van der Waals surface area contributed by atoms with Crippen LogP contribution in [0.4, 0.5) is 0 Å². The van der Waals surface area contributed by atoms with Crippen LogP contribution in [0.25, 0.3) is 0 Å². The third-order valence-electron chi connectivity index (χ3n) is 3.88. The summed E-state index contributed by atoms with van der Waals surface area (Å²) in [7, 11) is 1.92. The standard InChI is InChI=1S/C12H24N2O/c1-4-9(2)14(3)12(15)11-7-5-6-10(11)8-13/h9-11H,4-8,13H2,1-3H3/t9?,10-,11-/m1/s1. The van der Waals surface area contributed by atoms with E-state index in [-0.39, 0.29) is 5.92 Å². The highest BCUT2D eigenvalue weighted by atomic mass is 16.2. The Bertz CT molecular complexity index is 218. The minimum atomic E-state index is 0.189. The highest BCUT2D eigenvalue weighted by Crippen LogP contribution is 2.32. The summed E-state index contributed by atoms with van der Waals surface area (Å²) in [4.78, 5) is 14.1. The van der Waals surface area contributed by atoms with Gasteiger partial charge in [-0.1, -0.05) is 13.3 Å². The van der Waals surface area contributed by atoms with Crippen molar-refractivity contribution in [3.8, 4) is 0 Å². The predicted octanol–water partition coefficient (Wildman–Crippen LogP) is 1.62. The molecule has 1 aliphatic carbocycles. The average Bonchev–Trinajstić information content (AvgIpc) is 2.73. The van der Waals surface area contributed by atoms with Gasteiger partial charge in [-0.2, -0.15) is 0 Å². The fraction of sp³-hybridized carbons (Fsp3) is 0.917. The lowest BCUT2D eigenvalue weighted by atomic mass is 9.94. The summed E-state index contributed by atoms with van der Waals surface area (Å²) >= 11 is 0. The van der Waals surface area contributed by atoms with E-state index in [1.807, 2.05) is 11.9 Å². The monoisotopic (exact) mass is 212 g/mol. The largest absolute Gasteiger partial charge is 0.343 e. The molecule has 0 bridgehead atoms. The third kappa shape index (κ3) is 2.71. The van der Waals surface area contributed by atoms with Crippen LogP contribution >= 0.6 is 0 Å². The maximum atomic E-state index is 12.2. The maximum Gasteiger partial charge on any atom is 0.225 e. The number of carbonyl (C=O) groups excluding carboxylic acids is 1. The number of hydrogen-bond donors (Lipinski definition) is 1. The van der Waals surface area contributed by atoms with Gasteiger partial charge in [-0.3, -0.25) is 4.79 Å². The molecular formula is C12H24N2O. The van der Waals surface area contributed by atoms with E-state index < -0.39 is 0 Å². The van der Waals surface area contributed by atoms with Gasteiger partial charge in [-0.05, 0) is 38.6 Å². The van der Waals surface area contributed by atoms with E-state index in [0.717, 1.165) is 25.7 Å². The Hall–Kier alpha value is -0.570. The van der Waals surface area contributed by atoms with Gasteiger partial charge >= 0.3 is 0 Å². The zero-order valence-corrected chi connectivity index (χ0v) is 10.2. The van der Waals surface area contributed by atoms with Gasteiger partial charge in [0.15, 0.2) is 0 Å². The van der Waals surface area contributed by atoms with Crippen molar-refractivity contribution in [1.29, 1.82) is 0 Å². The third-order valence-corrected chi connectivity index (χ3v) is 3.88. The van der Waals surface area contributed by atoms with E-state index in [1.54, 1.807) is 0 Å². The summed E-state index contributed by atoms with van der Waals surface area (Å²) in [5, 5.41) is 0. The van der Waals surface area contributed by atoms with Crippen molar-refractivity contribution < 1.29 is 4.79 Å². The van der Waals surface area contributed by atoms with Gasteiger partial charge in [0.2, 0.25) is 5.91 Å². The van der Waals surface area contributed by atoms with Crippen LogP contribution in [0.5, 0.6) is 0 Å². The molecule has 1 fully saturated rings. The summed E-state index contributed by atoms with van der Waals surface area (Å²) in [6.07, 6.45) is 4.33. The van der Waals surface area contributed by atoms with E-state index >= 15 is 0 Å². The lowest BCUT2D eigenvalue weighted by molar-refractivity contribution is -0.137. The highest BCUT2D eigenvalue weighted by Gasteiger charge is 2.34. The molecule has 0 aromatic rings. The van der Waals surface area contributed by atoms with E-state index in [9.17, 15) is 4.79 Å². The van der Waals surface area contributed by atoms with E-state index in [2.05, 4.69) is 13.8 Å². The molecule has 0 heterocycles. The van der Waals surface area contributed by atoms with Crippen LogP contribution in [-0.2, 0) is 4.79 Å². The molecule has 3 atom stereocenters. The number of amides is 1. The normalized spacial score (nSPS) is 27.7. The molecule has 0 radical (unpaired) electrons. The number of carbonyl (C=O) groups is 1. The quantitative estimate of drug-likeness (QED) is 0.769.